The SMILES string of the molecule is Cc1noc(-c2cccnc2N2CC[C@@H](N3CCCC3)C2)n1. The smallest absolute Gasteiger partial charge is 0.261 e. The Morgan fingerprint density at radius 1 is 1.23 bits per heavy atom. The Balaban J connectivity index is 1.58. The van der Waals surface area contributed by atoms with Crippen LogP contribution in [0, 0.1) is 6.92 Å². The summed E-state index contributed by atoms with van der Waals surface area (Å²) in [5, 5.41) is 3.90. The Morgan fingerprint density at radius 2 is 2.09 bits per heavy atom. The molecule has 0 unspecified atom stereocenters. The van der Waals surface area contributed by atoms with E-state index in [9.17, 15) is 0 Å². The third-order valence-electron chi connectivity index (χ3n) is 4.66. The highest BCUT2D eigenvalue weighted by molar-refractivity contribution is 5.70. The normalized spacial score (nSPS) is 22.6. The van der Waals surface area contributed by atoms with Gasteiger partial charge in [0.2, 0.25) is 0 Å². The molecule has 0 N–H and O–H groups in total. The molecule has 2 fully saturated rings. The first-order chi connectivity index (χ1) is 10.8. The fourth-order valence-corrected chi connectivity index (χ4v) is 3.56. The van der Waals surface area contributed by atoms with Crippen molar-refractivity contribution in [3.8, 4) is 11.5 Å². The predicted octanol–water partition coefficient (Wildman–Crippen LogP) is 2.11. The Labute approximate surface area is 130 Å². The molecule has 0 saturated carbocycles. The van der Waals surface area contributed by atoms with Crippen LogP contribution in [0.1, 0.15) is 25.1 Å². The minimum atomic E-state index is 0.560. The van der Waals surface area contributed by atoms with Crippen LogP contribution in [0.15, 0.2) is 22.9 Å². The molecule has 0 spiro atoms. The second-order valence-corrected chi connectivity index (χ2v) is 6.15. The van der Waals surface area contributed by atoms with E-state index in [0.29, 0.717) is 17.8 Å². The number of nitrogens with zero attached hydrogens (tertiary/aromatic N) is 5. The number of aryl methyl sites for hydroxylation is 1. The Bertz CT molecular complexity index is 649. The summed E-state index contributed by atoms with van der Waals surface area (Å²) in [7, 11) is 0. The third-order valence-corrected chi connectivity index (χ3v) is 4.66. The molecule has 6 nitrogen and oxygen atoms in total. The van der Waals surface area contributed by atoms with Crippen molar-refractivity contribution < 1.29 is 4.52 Å². The zero-order chi connectivity index (χ0) is 14.9. The van der Waals surface area contributed by atoms with Gasteiger partial charge < -0.3 is 9.42 Å². The number of hydrogen-bond donors (Lipinski definition) is 0. The number of rotatable bonds is 3. The molecule has 2 aliphatic heterocycles. The van der Waals surface area contributed by atoms with Gasteiger partial charge in [0.1, 0.15) is 5.82 Å². The summed E-state index contributed by atoms with van der Waals surface area (Å²) < 4.78 is 5.34. The predicted molar refractivity (Wildman–Crippen MR) is 83.7 cm³/mol. The zero-order valence-electron chi connectivity index (χ0n) is 12.9. The van der Waals surface area contributed by atoms with Gasteiger partial charge in [-0.2, -0.15) is 4.98 Å². The molecule has 0 amide bonds. The quantitative estimate of drug-likeness (QED) is 0.865. The summed E-state index contributed by atoms with van der Waals surface area (Å²) in [6.45, 7) is 6.41. The minimum Gasteiger partial charge on any atom is -0.354 e. The van der Waals surface area contributed by atoms with Gasteiger partial charge in [0.05, 0.1) is 5.56 Å². The molecule has 0 aliphatic carbocycles. The number of likely N-dealkylation sites (tertiary alicyclic amines) is 1. The van der Waals surface area contributed by atoms with Crippen LogP contribution < -0.4 is 4.90 Å². The van der Waals surface area contributed by atoms with Crippen molar-refractivity contribution in [2.24, 2.45) is 0 Å². The first-order valence-corrected chi connectivity index (χ1v) is 8.06. The second kappa shape index (κ2) is 5.68. The molecule has 2 aromatic heterocycles. The Kier molecular flexibility index (Phi) is 3.54. The maximum Gasteiger partial charge on any atom is 0.261 e. The van der Waals surface area contributed by atoms with E-state index in [-0.39, 0.29) is 0 Å². The Hall–Kier alpha value is -1.95. The van der Waals surface area contributed by atoms with Gasteiger partial charge in [-0.1, -0.05) is 5.16 Å². The lowest BCUT2D eigenvalue weighted by atomic mass is 10.2. The molecule has 2 aromatic rings. The lowest BCUT2D eigenvalue weighted by Crippen LogP contribution is -2.35. The number of anilines is 1. The first kappa shape index (κ1) is 13.7. The van der Waals surface area contributed by atoms with Gasteiger partial charge >= 0.3 is 0 Å². The van der Waals surface area contributed by atoms with Crippen LogP contribution in [0.25, 0.3) is 11.5 Å². The van der Waals surface area contributed by atoms with Crippen molar-refractivity contribution in [2.45, 2.75) is 32.2 Å². The van der Waals surface area contributed by atoms with Crippen molar-refractivity contribution in [3.05, 3.63) is 24.2 Å². The number of aromatic nitrogens is 3. The number of pyridine rings is 1. The monoisotopic (exact) mass is 299 g/mol. The summed E-state index contributed by atoms with van der Waals surface area (Å²) >= 11 is 0. The minimum absolute atomic E-state index is 0.560. The van der Waals surface area contributed by atoms with Gasteiger partial charge in [-0.05, 0) is 51.4 Å². The third kappa shape index (κ3) is 2.47. The van der Waals surface area contributed by atoms with E-state index in [1.807, 2.05) is 25.3 Å². The zero-order valence-corrected chi connectivity index (χ0v) is 12.9. The molecular weight excluding hydrogens is 278 g/mol. The van der Waals surface area contributed by atoms with Crippen LogP contribution in [0.3, 0.4) is 0 Å². The van der Waals surface area contributed by atoms with Gasteiger partial charge in [0.25, 0.3) is 5.89 Å². The fraction of sp³-hybridized carbons (Fsp3) is 0.562. The van der Waals surface area contributed by atoms with Gasteiger partial charge in [-0.25, -0.2) is 4.98 Å². The highest BCUT2D eigenvalue weighted by Gasteiger charge is 2.31. The standard InChI is InChI=1S/C16H21N5O/c1-12-18-16(22-19-12)14-5-4-7-17-15(14)21-10-6-13(11-21)20-8-2-3-9-20/h4-5,7,13H,2-3,6,8-11H2,1H3/t13-/m1/s1. The molecule has 116 valence electrons. The van der Waals surface area contributed by atoms with Crippen molar-refractivity contribution in [2.75, 3.05) is 31.1 Å². The summed E-state index contributed by atoms with van der Waals surface area (Å²) in [6.07, 6.45) is 5.73. The highest BCUT2D eigenvalue weighted by atomic mass is 16.5. The van der Waals surface area contributed by atoms with Gasteiger partial charge in [0.15, 0.2) is 5.82 Å². The molecule has 0 bridgehead atoms. The average molecular weight is 299 g/mol. The van der Waals surface area contributed by atoms with Crippen molar-refractivity contribution in [1.29, 1.82) is 0 Å². The van der Waals surface area contributed by atoms with E-state index < -0.39 is 0 Å². The van der Waals surface area contributed by atoms with E-state index in [4.69, 9.17) is 4.52 Å². The van der Waals surface area contributed by atoms with E-state index in [2.05, 4.69) is 24.9 Å². The van der Waals surface area contributed by atoms with Crippen LogP contribution in [-0.4, -0.2) is 52.2 Å². The molecule has 0 aromatic carbocycles. The van der Waals surface area contributed by atoms with E-state index in [0.717, 1.165) is 24.5 Å². The summed E-state index contributed by atoms with van der Waals surface area (Å²) in [6, 6.07) is 4.59. The van der Waals surface area contributed by atoms with Crippen LogP contribution in [0.4, 0.5) is 5.82 Å². The lowest BCUT2D eigenvalue weighted by molar-refractivity contribution is 0.260. The van der Waals surface area contributed by atoms with E-state index in [1.54, 1.807) is 0 Å². The molecule has 4 rings (SSSR count). The summed E-state index contributed by atoms with van der Waals surface area (Å²) in [5.74, 6) is 2.18. The molecule has 6 heteroatoms. The molecule has 22 heavy (non-hydrogen) atoms. The van der Waals surface area contributed by atoms with E-state index in [1.165, 1.54) is 32.4 Å². The van der Waals surface area contributed by atoms with Crippen LogP contribution in [0.2, 0.25) is 0 Å². The number of hydrogen-bond acceptors (Lipinski definition) is 6. The van der Waals surface area contributed by atoms with Crippen LogP contribution in [0.5, 0.6) is 0 Å². The average Bonchev–Trinajstić information content (AvgIpc) is 3.28. The van der Waals surface area contributed by atoms with Gasteiger partial charge in [-0.15, -0.1) is 0 Å². The van der Waals surface area contributed by atoms with Crippen molar-refractivity contribution >= 4 is 5.82 Å². The first-order valence-electron chi connectivity index (χ1n) is 8.06. The maximum atomic E-state index is 5.34. The molecule has 1 atom stereocenters. The topological polar surface area (TPSA) is 58.3 Å². The Morgan fingerprint density at radius 3 is 2.86 bits per heavy atom. The van der Waals surface area contributed by atoms with Gasteiger partial charge in [-0.3, -0.25) is 4.90 Å². The van der Waals surface area contributed by atoms with Crippen LogP contribution >= 0.6 is 0 Å². The molecular formula is C16H21N5O. The maximum absolute atomic E-state index is 5.34. The van der Waals surface area contributed by atoms with Crippen molar-refractivity contribution in [3.63, 3.8) is 0 Å². The summed E-state index contributed by atoms with van der Waals surface area (Å²) in [5.41, 5.74) is 0.935. The summed E-state index contributed by atoms with van der Waals surface area (Å²) in [4.78, 5) is 13.9. The van der Waals surface area contributed by atoms with Crippen LogP contribution in [-0.2, 0) is 0 Å². The molecule has 2 aliphatic rings. The second-order valence-electron chi connectivity index (χ2n) is 6.15. The van der Waals surface area contributed by atoms with E-state index >= 15 is 0 Å². The highest BCUT2D eigenvalue weighted by Crippen LogP contribution is 2.31. The van der Waals surface area contributed by atoms with Crippen molar-refractivity contribution in [1.82, 2.24) is 20.0 Å². The largest absolute Gasteiger partial charge is 0.354 e. The molecule has 4 heterocycles. The molecule has 2 saturated heterocycles. The van der Waals surface area contributed by atoms with Gasteiger partial charge in [0, 0.05) is 25.3 Å². The molecule has 0 radical (unpaired) electrons. The fourth-order valence-electron chi connectivity index (χ4n) is 3.56. The lowest BCUT2D eigenvalue weighted by Gasteiger charge is -2.24.